The standard InChI is InChI=1S/5CHNO.Co.Fe.K/c5*2-1-3;;;/h5*3H;;;/q;;;;;;;+1/p-1. The van der Waals surface area contributed by atoms with E-state index in [-0.39, 0.29) is 85.2 Å². The average molecular weight is 368 g/mol. The Balaban J connectivity index is -0.0000000111. The smallest absolute Gasteiger partial charge is 0.812 e. The molecule has 13 heteroatoms. The van der Waals surface area contributed by atoms with Gasteiger partial charge in [-0.25, -0.2) is 5.26 Å². The Morgan fingerprint density at radius 2 is 0.667 bits per heavy atom. The van der Waals surface area contributed by atoms with Crippen molar-refractivity contribution >= 4 is 0 Å². The molecule has 0 aromatic carbocycles. The Morgan fingerprint density at radius 1 is 0.667 bits per heavy atom. The second kappa shape index (κ2) is 218. The molecule has 0 aliphatic carbocycles. The summed E-state index contributed by atoms with van der Waals surface area (Å²) in [5.41, 5.74) is 0. The van der Waals surface area contributed by atoms with E-state index in [1.807, 2.05) is 0 Å². The Kier molecular flexibility index (Phi) is 647. The van der Waals surface area contributed by atoms with Gasteiger partial charge in [0.2, 0.25) is 0 Å². The molecule has 0 aliphatic rings. The van der Waals surface area contributed by atoms with Crippen molar-refractivity contribution in [1.82, 2.24) is 0 Å². The fraction of sp³-hybridized carbons (Fsp3) is 0. The van der Waals surface area contributed by atoms with E-state index in [4.69, 9.17) is 51.8 Å². The average Bonchev–Trinajstić information content (AvgIpc) is 2.09. The van der Waals surface area contributed by atoms with Gasteiger partial charge in [-0.1, -0.05) is 0 Å². The molecular formula is C5H4CoFeKN5O5. The Bertz CT molecular complexity index is 217. The first-order valence-corrected chi connectivity index (χ1v) is 2.22. The molecule has 0 rings (SSSR count). The summed E-state index contributed by atoms with van der Waals surface area (Å²) in [4.78, 5) is 0. The molecule has 0 spiro atoms. The quantitative estimate of drug-likeness (QED) is 0.236. The van der Waals surface area contributed by atoms with Crippen LogP contribution in [0.1, 0.15) is 0 Å². The van der Waals surface area contributed by atoms with Crippen LogP contribution in [-0.2, 0) is 33.8 Å². The second-order valence-corrected chi connectivity index (χ2v) is 0.491. The van der Waals surface area contributed by atoms with Crippen LogP contribution in [0.2, 0.25) is 0 Å². The second-order valence-electron chi connectivity index (χ2n) is 0.491. The van der Waals surface area contributed by atoms with Gasteiger partial charge in [0.1, 0.15) is 0 Å². The van der Waals surface area contributed by atoms with E-state index in [2.05, 4.69) is 0 Å². The van der Waals surface area contributed by atoms with Crippen LogP contribution in [-0.4, -0.2) is 20.4 Å². The summed E-state index contributed by atoms with van der Waals surface area (Å²) in [7, 11) is 0. The molecule has 18 heavy (non-hydrogen) atoms. The van der Waals surface area contributed by atoms with Crippen molar-refractivity contribution in [3.8, 4) is 31.3 Å². The molecule has 0 fully saturated rings. The molecule has 0 aliphatic heterocycles. The zero-order valence-corrected chi connectivity index (χ0v) is 13.9. The zero-order chi connectivity index (χ0) is 13.5. The molecule has 1 radical (unpaired) electrons. The summed E-state index contributed by atoms with van der Waals surface area (Å²) in [5.74, 6) is 0. The SMILES string of the molecule is N#CO.N#CO.N#CO.N#CO.N#C[O-].[Co].[Fe].[K+]. The van der Waals surface area contributed by atoms with Crippen LogP contribution in [0.3, 0.4) is 0 Å². The van der Waals surface area contributed by atoms with E-state index in [0.717, 1.165) is 25.0 Å². The van der Waals surface area contributed by atoms with Crippen LogP contribution in [0.5, 0.6) is 0 Å². The number of hydrogen-bond acceptors (Lipinski definition) is 10. The first-order valence-electron chi connectivity index (χ1n) is 2.22. The van der Waals surface area contributed by atoms with Crippen molar-refractivity contribution in [2.45, 2.75) is 0 Å². The summed E-state index contributed by atoms with van der Waals surface area (Å²) in [6.45, 7) is 0. The molecular weight excluding hydrogens is 364 g/mol. The number of nitriles is 5. The van der Waals surface area contributed by atoms with Crippen LogP contribution in [0, 0.1) is 57.6 Å². The molecule has 0 unspecified atom stereocenters. The Labute approximate surface area is 166 Å². The number of rotatable bonds is 0. The molecule has 4 N–H and O–H groups in total. The van der Waals surface area contributed by atoms with E-state index in [1.54, 1.807) is 0 Å². The fourth-order valence-electron chi connectivity index (χ4n) is 0. The molecule has 0 aromatic heterocycles. The predicted molar refractivity (Wildman–Crippen MR) is 35.8 cm³/mol. The van der Waals surface area contributed by atoms with Crippen molar-refractivity contribution in [2.75, 3.05) is 0 Å². The van der Waals surface area contributed by atoms with Gasteiger partial charge in [-0.3, -0.25) is 0 Å². The summed E-state index contributed by atoms with van der Waals surface area (Å²) < 4.78 is 0. The maximum Gasteiger partial charge on any atom is 1.00 e. The van der Waals surface area contributed by atoms with Crippen molar-refractivity contribution in [3.05, 3.63) is 0 Å². The summed E-state index contributed by atoms with van der Waals surface area (Å²) in [5, 5.41) is 70.0. The van der Waals surface area contributed by atoms with Crippen LogP contribution >= 0.6 is 0 Å². The third kappa shape index (κ3) is 3820. The third-order valence-electron chi connectivity index (χ3n) is 0. The van der Waals surface area contributed by atoms with E-state index in [1.165, 1.54) is 0 Å². The number of aliphatic hydroxyl groups excluding tert-OH is 4. The molecule has 0 atom stereocenters. The number of nitrogens with zero attached hydrogens (tertiary/aromatic N) is 5. The van der Waals surface area contributed by atoms with E-state index in [0.29, 0.717) is 6.26 Å². The van der Waals surface area contributed by atoms with Gasteiger partial charge in [0.25, 0.3) is 25.0 Å². The van der Waals surface area contributed by atoms with Crippen molar-refractivity contribution in [3.63, 3.8) is 0 Å². The maximum absolute atomic E-state index is 8.24. The van der Waals surface area contributed by atoms with Gasteiger partial charge in [-0.2, -0.15) is 21.0 Å². The molecule has 0 aromatic rings. The minimum Gasteiger partial charge on any atom is -0.812 e. The Hall–Kier alpha value is -0.888. The van der Waals surface area contributed by atoms with Gasteiger partial charge < -0.3 is 25.5 Å². The molecule has 0 bridgehead atoms. The van der Waals surface area contributed by atoms with Gasteiger partial charge >= 0.3 is 51.4 Å². The minimum absolute atomic E-state index is 0. The van der Waals surface area contributed by atoms with Crippen molar-refractivity contribution in [1.29, 1.82) is 26.3 Å². The van der Waals surface area contributed by atoms with E-state index >= 15 is 0 Å². The zero-order valence-electron chi connectivity index (χ0n) is 8.62. The number of aliphatic hydroxyl groups is 4. The van der Waals surface area contributed by atoms with Gasteiger partial charge in [0.15, 0.2) is 0 Å². The van der Waals surface area contributed by atoms with Crippen LogP contribution < -0.4 is 56.5 Å². The minimum atomic E-state index is 0. The van der Waals surface area contributed by atoms with Crippen molar-refractivity contribution < 1.29 is 111 Å². The topological polar surface area (TPSA) is 223 Å². The van der Waals surface area contributed by atoms with Crippen LogP contribution in [0.25, 0.3) is 0 Å². The van der Waals surface area contributed by atoms with E-state index in [9.17, 15) is 0 Å². The number of hydrogen-bond donors (Lipinski definition) is 4. The fourth-order valence-corrected chi connectivity index (χ4v) is 0. The molecule has 0 heterocycles. The maximum atomic E-state index is 8.24. The molecule has 10 nitrogen and oxygen atoms in total. The van der Waals surface area contributed by atoms with Crippen molar-refractivity contribution in [2.24, 2.45) is 0 Å². The van der Waals surface area contributed by atoms with Gasteiger partial charge in [-0.05, 0) is 0 Å². The largest absolute Gasteiger partial charge is 1.00 e. The summed E-state index contributed by atoms with van der Waals surface area (Å²) in [6.07, 6.45) is 3.50. The predicted octanol–water partition coefficient (Wildman–Crippen LogP) is -4.81. The third-order valence-corrected chi connectivity index (χ3v) is 0. The normalized spacial score (nSPS) is 1.94. The van der Waals surface area contributed by atoms with Gasteiger partial charge in [0, 0.05) is 40.1 Å². The molecule has 0 amide bonds. The van der Waals surface area contributed by atoms with Crippen LogP contribution in [0.4, 0.5) is 0 Å². The summed E-state index contributed by atoms with van der Waals surface area (Å²) in [6, 6.07) is 0. The molecule has 0 saturated heterocycles. The summed E-state index contributed by atoms with van der Waals surface area (Å²) >= 11 is 0. The van der Waals surface area contributed by atoms with E-state index < -0.39 is 0 Å². The van der Waals surface area contributed by atoms with Gasteiger partial charge in [0.05, 0.1) is 0 Å². The molecule has 0 saturated carbocycles. The van der Waals surface area contributed by atoms with Crippen LogP contribution in [0.15, 0.2) is 0 Å². The van der Waals surface area contributed by atoms with Gasteiger partial charge in [-0.15, -0.1) is 0 Å². The first-order chi connectivity index (χ1) is 7.07. The first kappa shape index (κ1) is 53.5. The molecule has 97 valence electrons. The Morgan fingerprint density at radius 3 is 0.667 bits per heavy atom. The monoisotopic (exact) mass is 368 g/mol.